The fourth-order valence-corrected chi connectivity index (χ4v) is 5.63. The number of aromatic nitrogens is 5. The summed E-state index contributed by atoms with van der Waals surface area (Å²) in [6.45, 7) is 0. The Labute approximate surface area is 188 Å². The second-order valence-electron chi connectivity index (χ2n) is 6.43. The summed E-state index contributed by atoms with van der Waals surface area (Å²) >= 11 is 9.57. The maximum atomic E-state index is 12.7. The molecule has 0 saturated heterocycles. The zero-order chi connectivity index (χ0) is 20.7. The molecule has 0 atom stereocenters. The molecule has 1 amide bonds. The molecule has 0 bridgehead atoms. The summed E-state index contributed by atoms with van der Waals surface area (Å²) in [5.74, 6) is 0.619. The lowest BCUT2D eigenvalue weighted by Gasteiger charge is -1.99. The molecule has 0 unspecified atom stereocenters. The Morgan fingerprint density at radius 3 is 2.87 bits per heavy atom. The predicted octanol–water partition coefficient (Wildman–Crippen LogP) is 5.12. The van der Waals surface area contributed by atoms with Gasteiger partial charge in [-0.05, 0) is 36.5 Å². The van der Waals surface area contributed by atoms with E-state index in [1.165, 1.54) is 22.7 Å². The smallest absolute Gasteiger partial charge is 0.267 e. The van der Waals surface area contributed by atoms with Gasteiger partial charge < -0.3 is 4.57 Å². The Bertz CT molecular complexity index is 1390. The lowest BCUT2D eigenvalue weighted by molar-refractivity contribution is 0.103. The van der Waals surface area contributed by atoms with Crippen molar-refractivity contribution in [2.75, 3.05) is 5.32 Å². The maximum absolute atomic E-state index is 12.7. The predicted molar refractivity (Wildman–Crippen MR) is 124 cm³/mol. The van der Waals surface area contributed by atoms with Gasteiger partial charge in [-0.1, -0.05) is 12.1 Å². The number of fused-ring (bicyclic) bond motifs is 1. The van der Waals surface area contributed by atoms with Crippen LogP contribution in [-0.2, 0) is 13.5 Å². The van der Waals surface area contributed by atoms with Crippen LogP contribution < -0.4 is 5.32 Å². The Kier molecular flexibility index (Phi) is 5.03. The third-order valence-electron chi connectivity index (χ3n) is 4.42. The van der Waals surface area contributed by atoms with E-state index in [0.29, 0.717) is 21.2 Å². The Hall–Kier alpha value is -2.73. The Morgan fingerprint density at radius 1 is 1.20 bits per heavy atom. The van der Waals surface area contributed by atoms with Crippen LogP contribution in [0.25, 0.3) is 20.1 Å². The molecule has 1 aromatic carbocycles. The van der Waals surface area contributed by atoms with Gasteiger partial charge in [0, 0.05) is 12.4 Å². The number of hydrogen-bond acceptors (Lipinski definition) is 8. The van der Waals surface area contributed by atoms with Crippen LogP contribution in [0.4, 0.5) is 5.13 Å². The summed E-state index contributed by atoms with van der Waals surface area (Å²) in [6.07, 6.45) is 0.538. The molecule has 0 radical (unpaired) electrons. The number of thiophene rings is 1. The van der Waals surface area contributed by atoms with Crippen LogP contribution in [0, 0.1) is 4.77 Å². The highest BCUT2D eigenvalue weighted by Crippen LogP contribution is 2.34. The van der Waals surface area contributed by atoms with E-state index >= 15 is 0 Å². The fourth-order valence-electron chi connectivity index (χ4n) is 2.86. The molecule has 150 valence electrons. The summed E-state index contributed by atoms with van der Waals surface area (Å²) in [5.41, 5.74) is 1.80. The maximum Gasteiger partial charge on any atom is 0.267 e. The number of carbonyl (C=O) groups is 1. The van der Waals surface area contributed by atoms with Crippen molar-refractivity contribution in [2.24, 2.45) is 7.05 Å². The van der Waals surface area contributed by atoms with E-state index in [4.69, 9.17) is 12.2 Å². The average molecular weight is 471 g/mol. The van der Waals surface area contributed by atoms with Gasteiger partial charge in [0.1, 0.15) is 10.8 Å². The number of benzene rings is 1. The van der Waals surface area contributed by atoms with Crippen molar-refractivity contribution < 1.29 is 4.79 Å². The van der Waals surface area contributed by atoms with Gasteiger partial charge in [0.25, 0.3) is 5.91 Å². The number of nitrogens with zero attached hydrogens (tertiary/aromatic N) is 4. The van der Waals surface area contributed by atoms with E-state index in [-0.39, 0.29) is 5.91 Å². The topological polar surface area (TPSA) is 88.5 Å². The van der Waals surface area contributed by atoms with Crippen molar-refractivity contribution in [3.63, 3.8) is 0 Å². The zero-order valence-electron chi connectivity index (χ0n) is 15.6. The van der Waals surface area contributed by atoms with Crippen LogP contribution in [0.1, 0.15) is 21.2 Å². The molecular formula is C19H14N6OS4. The number of carbonyl (C=O) groups excluding carboxylic acids is 1. The molecule has 11 heteroatoms. The number of aromatic amines is 1. The normalized spacial score (nSPS) is 11.2. The lowest BCUT2D eigenvalue weighted by atomic mass is 10.3. The highest BCUT2D eigenvalue weighted by molar-refractivity contribution is 7.71. The quantitative estimate of drug-likeness (QED) is 0.348. The second-order valence-corrected chi connectivity index (χ2v) is 9.79. The molecule has 0 aliphatic carbocycles. The zero-order valence-corrected chi connectivity index (χ0v) is 18.8. The largest absolute Gasteiger partial charge is 0.307 e. The SMILES string of the molecule is Cn1c(Cc2csc(NC(=O)c3ccc(-c4nc5ccccc5s4)s3)n2)n[nH]c1=S. The van der Waals surface area contributed by atoms with Crippen molar-refractivity contribution in [3.05, 3.63) is 62.9 Å². The third-order valence-corrected chi connectivity index (χ3v) is 7.88. The highest BCUT2D eigenvalue weighted by Gasteiger charge is 2.15. The molecule has 7 nitrogen and oxygen atoms in total. The summed E-state index contributed by atoms with van der Waals surface area (Å²) in [7, 11) is 1.86. The van der Waals surface area contributed by atoms with Gasteiger partial charge in [-0.3, -0.25) is 15.2 Å². The number of hydrogen-bond donors (Lipinski definition) is 2. The van der Waals surface area contributed by atoms with E-state index < -0.39 is 0 Å². The van der Waals surface area contributed by atoms with Crippen molar-refractivity contribution >= 4 is 67.5 Å². The van der Waals surface area contributed by atoms with Crippen LogP contribution in [-0.4, -0.2) is 30.6 Å². The molecule has 5 aromatic rings. The first-order valence-corrected chi connectivity index (χ1v) is 11.8. The first kappa shape index (κ1) is 19.2. The molecule has 0 aliphatic rings. The Balaban J connectivity index is 1.30. The highest BCUT2D eigenvalue weighted by atomic mass is 32.1. The van der Waals surface area contributed by atoms with E-state index in [2.05, 4.69) is 31.5 Å². The van der Waals surface area contributed by atoms with Crippen LogP contribution in [0.15, 0.2) is 41.8 Å². The molecule has 30 heavy (non-hydrogen) atoms. The average Bonchev–Trinajstić information content (AvgIpc) is 3.52. The van der Waals surface area contributed by atoms with Crippen molar-refractivity contribution in [3.8, 4) is 9.88 Å². The van der Waals surface area contributed by atoms with E-state index in [1.54, 1.807) is 11.3 Å². The monoisotopic (exact) mass is 470 g/mol. The van der Waals surface area contributed by atoms with Crippen LogP contribution in [0.3, 0.4) is 0 Å². The van der Waals surface area contributed by atoms with Crippen LogP contribution >= 0.6 is 46.2 Å². The lowest BCUT2D eigenvalue weighted by Crippen LogP contribution is -2.10. The van der Waals surface area contributed by atoms with Gasteiger partial charge in [0.05, 0.1) is 32.1 Å². The van der Waals surface area contributed by atoms with Crippen LogP contribution in [0.5, 0.6) is 0 Å². The van der Waals surface area contributed by atoms with Crippen LogP contribution in [0.2, 0.25) is 0 Å². The van der Waals surface area contributed by atoms with E-state index in [0.717, 1.165) is 31.6 Å². The van der Waals surface area contributed by atoms with Crippen molar-refractivity contribution in [2.45, 2.75) is 6.42 Å². The number of H-pyrrole nitrogens is 1. The van der Waals surface area contributed by atoms with Gasteiger partial charge in [-0.25, -0.2) is 9.97 Å². The second kappa shape index (κ2) is 7.84. The first-order chi connectivity index (χ1) is 14.6. The van der Waals surface area contributed by atoms with Gasteiger partial charge in [-0.2, -0.15) is 5.10 Å². The minimum absolute atomic E-state index is 0.175. The number of anilines is 1. The van der Waals surface area contributed by atoms with Gasteiger partial charge >= 0.3 is 0 Å². The standard InChI is InChI=1S/C19H14N6OS4/c1-25-15(23-24-19(25)27)8-10-9-28-18(20-10)22-16(26)13-6-7-14(29-13)17-21-11-4-2-3-5-12(11)30-17/h2-7,9H,8H2,1H3,(H,24,27)(H,20,22,26). The summed E-state index contributed by atoms with van der Waals surface area (Å²) in [4.78, 5) is 23.4. The summed E-state index contributed by atoms with van der Waals surface area (Å²) in [6, 6.07) is 11.8. The molecule has 0 spiro atoms. The van der Waals surface area contributed by atoms with Gasteiger partial charge in [0.15, 0.2) is 9.90 Å². The molecule has 0 fully saturated rings. The molecule has 4 heterocycles. The number of rotatable bonds is 5. The number of thiazole rings is 2. The van der Waals surface area contributed by atoms with E-state index in [1.807, 2.05) is 47.3 Å². The van der Waals surface area contributed by atoms with E-state index in [9.17, 15) is 4.79 Å². The van der Waals surface area contributed by atoms with Gasteiger partial charge in [-0.15, -0.1) is 34.0 Å². The first-order valence-electron chi connectivity index (χ1n) is 8.88. The summed E-state index contributed by atoms with van der Waals surface area (Å²) in [5, 5.41) is 13.2. The van der Waals surface area contributed by atoms with Crippen molar-refractivity contribution in [1.29, 1.82) is 0 Å². The van der Waals surface area contributed by atoms with Crippen molar-refractivity contribution in [1.82, 2.24) is 24.7 Å². The molecule has 0 saturated carbocycles. The minimum Gasteiger partial charge on any atom is -0.307 e. The number of para-hydroxylation sites is 1. The number of amides is 1. The third kappa shape index (κ3) is 3.72. The minimum atomic E-state index is -0.175. The molecule has 4 aromatic heterocycles. The summed E-state index contributed by atoms with van der Waals surface area (Å²) < 4.78 is 3.51. The number of nitrogens with one attached hydrogen (secondary N) is 2. The molecule has 0 aliphatic heterocycles. The van der Waals surface area contributed by atoms with Gasteiger partial charge in [0.2, 0.25) is 0 Å². The molecule has 5 rings (SSSR count). The fraction of sp³-hybridized carbons (Fsp3) is 0.105. The Morgan fingerprint density at radius 2 is 2.07 bits per heavy atom. The molecular weight excluding hydrogens is 457 g/mol. The molecule has 2 N–H and O–H groups in total.